The first-order valence-electron chi connectivity index (χ1n) is 6.83. The molecule has 2 rings (SSSR count). The number of phenolic OH excluding ortho intramolecular Hbond substituents is 1. The van der Waals surface area contributed by atoms with E-state index in [1.165, 1.54) is 0 Å². The largest absolute Gasteiger partial charge is 0.506 e. The number of halogens is 1. The van der Waals surface area contributed by atoms with Gasteiger partial charge in [-0.25, -0.2) is 0 Å². The van der Waals surface area contributed by atoms with Crippen LogP contribution in [0.3, 0.4) is 0 Å². The second-order valence-electron chi connectivity index (χ2n) is 4.83. The van der Waals surface area contributed by atoms with Crippen LogP contribution in [0.25, 0.3) is 0 Å². The van der Waals surface area contributed by atoms with Crippen LogP contribution in [-0.4, -0.2) is 32.7 Å². The first kappa shape index (κ1) is 17.1. The molecular weight excluding hydrogens is 362 g/mol. The molecule has 2 aromatic rings. The van der Waals surface area contributed by atoms with Gasteiger partial charge in [0.15, 0.2) is 11.5 Å². The predicted octanol–water partition coefficient (Wildman–Crippen LogP) is 4.24. The van der Waals surface area contributed by atoms with Crippen molar-refractivity contribution in [2.24, 2.45) is 4.99 Å². The highest BCUT2D eigenvalue weighted by Gasteiger charge is 2.13. The van der Waals surface area contributed by atoms with Crippen LogP contribution in [0.15, 0.2) is 33.7 Å². The van der Waals surface area contributed by atoms with Crippen LogP contribution < -0.4 is 14.2 Å². The van der Waals surface area contributed by atoms with Crippen LogP contribution in [0.4, 0.5) is 5.69 Å². The third-order valence-corrected chi connectivity index (χ3v) is 3.84. The van der Waals surface area contributed by atoms with Gasteiger partial charge in [-0.2, -0.15) is 0 Å². The Morgan fingerprint density at radius 1 is 1.00 bits per heavy atom. The highest BCUT2D eigenvalue weighted by atomic mass is 79.9. The maximum atomic E-state index is 10.1. The van der Waals surface area contributed by atoms with Gasteiger partial charge in [0.25, 0.3) is 0 Å². The van der Waals surface area contributed by atoms with E-state index in [1.54, 1.807) is 39.7 Å². The molecule has 2 aromatic carbocycles. The Kier molecular flexibility index (Phi) is 5.50. The number of phenols is 1. The van der Waals surface area contributed by atoms with Crippen molar-refractivity contribution in [1.29, 1.82) is 0 Å². The monoisotopic (exact) mass is 379 g/mol. The lowest BCUT2D eigenvalue weighted by molar-refractivity contribution is 0.324. The van der Waals surface area contributed by atoms with Crippen molar-refractivity contribution < 1.29 is 19.3 Å². The van der Waals surface area contributed by atoms with Crippen molar-refractivity contribution in [1.82, 2.24) is 0 Å². The summed E-state index contributed by atoms with van der Waals surface area (Å²) in [5.41, 5.74) is 2.25. The molecule has 0 spiro atoms. The summed E-state index contributed by atoms with van der Waals surface area (Å²) in [7, 11) is 4.65. The van der Waals surface area contributed by atoms with Gasteiger partial charge in [-0.15, -0.1) is 0 Å². The van der Waals surface area contributed by atoms with Crippen molar-refractivity contribution >= 4 is 27.8 Å². The van der Waals surface area contributed by atoms with E-state index in [0.29, 0.717) is 33.0 Å². The molecule has 0 aliphatic rings. The SMILES string of the molecule is COc1cc(N=Cc2cc(C)cc(Br)c2O)cc(OC)c1OC. The highest BCUT2D eigenvalue weighted by Crippen LogP contribution is 2.41. The molecule has 0 heterocycles. The molecule has 1 N–H and O–H groups in total. The molecule has 0 unspecified atom stereocenters. The average molecular weight is 380 g/mol. The molecule has 0 fully saturated rings. The molecule has 0 aliphatic heterocycles. The molecule has 0 aromatic heterocycles. The van der Waals surface area contributed by atoms with Crippen LogP contribution in [0, 0.1) is 6.92 Å². The first-order valence-corrected chi connectivity index (χ1v) is 7.62. The van der Waals surface area contributed by atoms with E-state index in [2.05, 4.69) is 20.9 Å². The molecule has 5 nitrogen and oxygen atoms in total. The van der Waals surface area contributed by atoms with Gasteiger partial charge < -0.3 is 19.3 Å². The standard InChI is InChI=1S/C17H18BrNO4/c1-10-5-11(16(20)13(18)6-10)9-19-12-7-14(21-2)17(23-4)15(8-12)22-3/h5-9,20H,1-4H3. The first-order chi connectivity index (χ1) is 11.0. The molecule has 0 radical (unpaired) electrons. The molecule has 0 atom stereocenters. The maximum Gasteiger partial charge on any atom is 0.203 e. The summed E-state index contributed by atoms with van der Waals surface area (Å²) in [6.45, 7) is 1.95. The molecule has 0 saturated carbocycles. The zero-order valence-electron chi connectivity index (χ0n) is 13.4. The zero-order valence-corrected chi connectivity index (χ0v) is 15.0. The molecule has 0 saturated heterocycles. The van der Waals surface area contributed by atoms with Crippen molar-refractivity contribution in [3.8, 4) is 23.0 Å². The van der Waals surface area contributed by atoms with Crippen molar-refractivity contribution in [3.63, 3.8) is 0 Å². The smallest absolute Gasteiger partial charge is 0.203 e. The summed E-state index contributed by atoms with van der Waals surface area (Å²) < 4.78 is 16.5. The molecule has 122 valence electrons. The summed E-state index contributed by atoms with van der Waals surface area (Å²) in [6.07, 6.45) is 1.59. The minimum atomic E-state index is 0.145. The Morgan fingerprint density at radius 3 is 2.13 bits per heavy atom. The third kappa shape index (κ3) is 3.76. The van der Waals surface area contributed by atoms with E-state index < -0.39 is 0 Å². The predicted molar refractivity (Wildman–Crippen MR) is 93.9 cm³/mol. The summed E-state index contributed by atoms with van der Waals surface area (Å²) >= 11 is 3.32. The number of nitrogens with zero attached hydrogens (tertiary/aromatic N) is 1. The van der Waals surface area contributed by atoms with Crippen molar-refractivity contribution in [2.45, 2.75) is 6.92 Å². The van der Waals surface area contributed by atoms with Gasteiger partial charge in [-0.05, 0) is 40.5 Å². The zero-order chi connectivity index (χ0) is 17.0. The number of rotatable bonds is 5. The highest BCUT2D eigenvalue weighted by molar-refractivity contribution is 9.10. The fraction of sp³-hybridized carbons (Fsp3) is 0.235. The van der Waals surface area contributed by atoms with E-state index >= 15 is 0 Å². The summed E-state index contributed by atoms with van der Waals surface area (Å²) in [4.78, 5) is 4.39. The van der Waals surface area contributed by atoms with Crippen LogP contribution in [-0.2, 0) is 0 Å². The number of methoxy groups -OCH3 is 3. The summed E-state index contributed by atoms with van der Waals surface area (Å²) in [5, 5.41) is 10.1. The lowest BCUT2D eigenvalue weighted by atomic mass is 10.1. The maximum absolute atomic E-state index is 10.1. The van der Waals surface area contributed by atoms with Gasteiger partial charge >= 0.3 is 0 Å². The second-order valence-corrected chi connectivity index (χ2v) is 5.68. The topological polar surface area (TPSA) is 60.3 Å². The molecule has 0 amide bonds. The fourth-order valence-electron chi connectivity index (χ4n) is 2.15. The van der Waals surface area contributed by atoms with E-state index in [1.807, 2.05) is 19.1 Å². The van der Waals surface area contributed by atoms with Gasteiger partial charge in [0.2, 0.25) is 5.75 Å². The van der Waals surface area contributed by atoms with Gasteiger partial charge in [0, 0.05) is 23.9 Å². The average Bonchev–Trinajstić information content (AvgIpc) is 2.55. The summed E-state index contributed by atoms with van der Waals surface area (Å²) in [6, 6.07) is 7.16. The number of aliphatic imine (C=N–C) groups is 1. The quantitative estimate of drug-likeness (QED) is 0.789. The Hall–Kier alpha value is -2.21. The van der Waals surface area contributed by atoms with Crippen molar-refractivity contribution in [2.75, 3.05) is 21.3 Å². The van der Waals surface area contributed by atoms with Gasteiger partial charge in [-0.3, -0.25) is 4.99 Å². The molecule has 0 aliphatic carbocycles. The number of benzene rings is 2. The van der Waals surface area contributed by atoms with E-state index in [-0.39, 0.29) is 5.75 Å². The minimum absolute atomic E-state index is 0.145. The fourth-order valence-corrected chi connectivity index (χ4v) is 2.74. The van der Waals surface area contributed by atoms with Crippen LogP contribution in [0.1, 0.15) is 11.1 Å². The van der Waals surface area contributed by atoms with E-state index in [4.69, 9.17) is 14.2 Å². The molecule has 23 heavy (non-hydrogen) atoms. The van der Waals surface area contributed by atoms with Gasteiger partial charge in [-0.1, -0.05) is 0 Å². The Balaban J connectivity index is 2.44. The Labute approximate surface area is 143 Å². The number of ether oxygens (including phenoxy) is 3. The van der Waals surface area contributed by atoms with Gasteiger partial charge in [0.05, 0.1) is 31.5 Å². The second kappa shape index (κ2) is 7.37. The van der Waals surface area contributed by atoms with Gasteiger partial charge in [0.1, 0.15) is 5.75 Å². The molecular formula is C17H18BrNO4. The Bertz CT molecular complexity index is 719. The molecule has 0 bridgehead atoms. The Morgan fingerprint density at radius 2 is 1.61 bits per heavy atom. The summed E-state index contributed by atoms with van der Waals surface area (Å²) in [5.74, 6) is 1.70. The lowest BCUT2D eigenvalue weighted by Crippen LogP contribution is -1.94. The number of hydrogen-bond acceptors (Lipinski definition) is 5. The minimum Gasteiger partial charge on any atom is -0.506 e. The van der Waals surface area contributed by atoms with E-state index in [0.717, 1.165) is 5.56 Å². The van der Waals surface area contributed by atoms with E-state index in [9.17, 15) is 5.11 Å². The number of aromatic hydroxyl groups is 1. The normalized spacial score (nSPS) is 10.8. The van der Waals surface area contributed by atoms with Crippen LogP contribution in [0.5, 0.6) is 23.0 Å². The molecule has 6 heteroatoms. The lowest BCUT2D eigenvalue weighted by Gasteiger charge is -2.12. The van der Waals surface area contributed by atoms with Crippen LogP contribution >= 0.6 is 15.9 Å². The van der Waals surface area contributed by atoms with Crippen LogP contribution in [0.2, 0.25) is 0 Å². The third-order valence-electron chi connectivity index (χ3n) is 3.24. The van der Waals surface area contributed by atoms with Crippen molar-refractivity contribution in [3.05, 3.63) is 39.9 Å². The number of hydrogen-bond donors (Lipinski definition) is 1. The number of aryl methyl sites for hydroxylation is 1.